The molecular formula is C19H27IN4O2. The second-order valence-electron chi connectivity index (χ2n) is 5.46. The lowest BCUT2D eigenvalue weighted by Crippen LogP contribution is -2.32. The van der Waals surface area contributed by atoms with Crippen LogP contribution in [0.3, 0.4) is 0 Å². The van der Waals surface area contributed by atoms with Crippen molar-refractivity contribution in [2.45, 2.75) is 26.5 Å². The summed E-state index contributed by atoms with van der Waals surface area (Å²) in [6.07, 6.45) is 2.62. The van der Waals surface area contributed by atoms with E-state index in [9.17, 15) is 0 Å². The number of pyridine rings is 1. The molecule has 2 aromatic rings. The van der Waals surface area contributed by atoms with Gasteiger partial charge in [0.25, 0.3) is 0 Å². The Kier molecular flexibility index (Phi) is 11.4. The number of ether oxygens (including phenoxy) is 2. The fourth-order valence-electron chi connectivity index (χ4n) is 2.13. The molecule has 0 aliphatic rings. The topological polar surface area (TPSA) is 81.8 Å². The summed E-state index contributed by atoms with van der Waals surface area (Å²) in [5, 5.41) is 3.07. The first-order valence-electron chi connectivity index (χ1n) is 8.51. The maximum atomic E-state index is 5.86. The number of benzene rings is 1. The number of aliphatic imine (C=N–C) groups is 1. The molecule has 0 saturated carbocycles. The minimum Gasteiger partial charge on any atom is -0.473 e. The Morgan fingerprint density at radius 3 is 2.77 bits per heavy atom. The van der Waals surface area contributed by atoms with Crippen LogP contribution in [-0.4, -0.2) is 30.7 Å². The minimum absolute atomic E-state index is 0. The number of rotatable bonds is 10. The molecule has 2 rings (SSSR count). The van der Waals surface area contributed by atoms with Crippen LogP contribution >= 0.6 is 24.0 Å². The van der Waals surface area contributed by atoms with Gasteiger partial charge in [0.1, 0.15) is 6.61 Å². The Labute approximate surface area is 172 Å². The average molecular weight is 470 g/mol. The van der Waals surface area contributed by atoms with Crippen molar-refractivity contribution in [3.63, 3.8) is 0 Å². The Bertz CT molecular complexity index is 653. The van der Waals surface area contributed by atoms with Crippen molar-refractivity contribution in [3.8, 4) is 5.88 Å². The van der Waals surface area contributed by atoms with Crippen LogP contribution in [-0.2, 0) is 17.9 Å². The van der Waals surface area contributed by atoms with Crippen LogP contribution < -0.4 is 15.8 Å². The second kappa shape index (κ2) is 13.3. The molecule has 0 amide bonds. The zero-order valence-electron chi connectivity index (χ0n) is 15.1. The van der Waals surface area contributed by atoms with Gasteiger partial charge < -0.3 is 20.5 Å². The number of hydrogen-bond acceptors (Lipinski definition) is 4. The summed E-state index contributed by atoms with van der Waals surface area (Å²) >= 11 is 0. The van der Waals surface area contributed by atoms with Gasteiger partial charge >= 0.3 is 0 Å². The highest BCUT2D eigenvalue weighted by atomic mass is 127. The van der Waals surface area contributed by atoms with Gasteiger partial charge in [-0.2, -0.15) is 0 Å². The van der Waals surface area contributed by atoms with Gasteiger partial charge in [-0.1, -0.05) is 30.3 Å². The number of nitrogens with one attached hydrogen (secondary N) is 1. The van der Waals surface area contributed by atoms with Crippen molar-refractivity contribution in [1.29, 1.82) is 0 Å². The van der Waals surface area contributed by atoms with E-state index in [0.29, 0.717) is 25.0 Å². The lowest BCUT2D eigenvalue weighted by Gasteiger charge is -2.07. The molecule has 0 radical (unpaired) electrons. The maximum absolute atomic E-state index is 5.86. The van der Waals surface area contributed by atoms with Crippen molar-refractivity contribution in [3.05, 3.63) is 59.8 Å². The zero-order chi connectivity index (χ0) is 17.7. The predicted molar refractivity (Wildman–Crippen MR) is 115 cm³/mol. The van der Waals surface area contributed by atoms with E-state index >= 15 is 0 Å². The Morgan fingerprint density at radius 1 is 1.19 bits per heavy atom. The third-order valence-corrected chi connectivity index (χ3v) is 3.44. The van der Waals surface area contributed by atoms with Gasteiger partial charge in [-0.25, -0.2) is 9.98 Å². The summed E-state index contributed by atoms with van der Waals surface area (Å²) in [5.74, 6) is 1.01. The molecule has 0 atom stereocenters. The van der Waals surface area contributed by atoms with Crippen LogP contribution in [0.2, 0.25) is 0 Å². The zero-order valence-corrected chi connectivity index (χ0v) is 17.4. The summed E-state index contributed by atoms with van der Waals surface area (Å²) in [5.41, 5.74) is 7.96. The van der Waals surface area contributed by atoms with Crippen molar-refractivity contribution < 1.29 is 9.47 Å². The van der Waals surface area contributed by atoms with Gasteiger partial charge in [0.15, 0.2) is 5.96 Å². The quantitative estimate of drug-likeness (QED) is 0.242. The number of nitrogens with zero attached hydrogens (tertiary/aromatic N) is 2. The van der Waals surface area contributed by atoms with Crippen molar-refractivity contribution in [2.75, 3.05) is 19.8 Å². The van der Waals surface area contributed by atoms with E-state index in [-0.39, 0.29) is 24.0 Å². The SMILES string of the molecule is CCOCCCNC(N)=NCc1ccnc(OCc2ccccc2)c1.I. The first kappa shape index (κ1) is 22.2. The number of halogens is 1. The molecule has 0 saturated heterocycles. The third-order valence-electron chi connectivity index (χ3n) is 3.44. The van der Waals surface area contributed by atoms with Crippen LogP contribution in [0.1, 0.15) is 24.5 Å². The van der Waals surface area contributed by atoms with Gasteiger partial charge in [0, 0.05) is 32.0 Å². The fraction of sp³-hybridized carbons (Fsp3) is 0.368. The van der Waals surface area contributed by atoms with E-state index in [0.717, 1.165) is 37.3 Å². The highest BCUT2D eigenvalue weighted by Crippen LogP contribution is 2.12. The molecule has 142 valence electrons. The second-order valence-corrected chi connectivity index (χ2v) is 5.46. The lowest BCUT2D eigenvalue weighted by molar-refractivity contribution is 0.145. The summed E-state index contributed by atoms with van der Waals surface area (Å²) in [7, 11) is 0. The highest BCUT2D eigenvalue weighted by Gasteiger charge is 2.00. The Hall–Kier alpha value is -1.87. The van der Waals surface area contributed by atoms with Crippen molar-refractivity contribution >= 4 is 29.9 Å². The predicted octanol–water partition coefficient (Wildman–Crippen LogP) is 3.11. The molecule has 0 aliphatic heterocycles. The van der Waals surface area contributed by atoms with Crippen LogP contribution in [0.15, 0.2) is 53.7 Å². The van der Waals surface area contributed by atoms with Crippen LogP contribution in [0.5, 0.6) is 5.88 Å². The number of nitrogens with two attached hydrogens (primary N) is 1. The molecule has 3 N–H and O–H groups in total. The van der Waals surface area contributed by atoms with E-state index in [1.54, 1.807) is 6.20 Å². The monoisotopic (exact) mass is 470 g/mol. The smallest absolute Gasteiger partial charge is 0.213 e. The Balaban J connectivity index is 0.00000338. The molecule has 0 fully saturated rings. The summed E-state index contributed by atoms with van der Waals surface area (Å²) in [6.45, 7) is 5.16. The summed E-state index contributed by atoms with van der Waals surface area (Å²) in [6, 6.07) is 13.8. The fourth-order valence-corrected chi connectivity index (χ4v) is 2.13. The van der Waals surface area contributed by atoms with E-state index < -0.39 is 0 Å². The third kappa shape index (κ3) is 9.00. The molecule has 1 aromatic carbocycles. The van der Waals surface area contributed by atoms with Crippen LogP contribution in [0, 0.1) is 0 Å². The average Bonchev–Trinajstić information content (AvgIpc) is 2.66. The molecule has 0 unspecified atom stereocenters. The van der Waals surface area contributed by atoms with Crippen molar-refractivity contribution in [1.82, 2.24) is 10.3 Å². The molecule has 7 heteroatoms. The molecule has 0 spiro atoms. The Morgan fingerprint density at radius 2 is 2.00 bits per heavy atom. The van der Waals surface area contributed by atoms with E-state index in [1.165, 1.54) is 0 Å². The molecular weight excluding hydrogens is 443 g/mol. The van der Waals surface area contributed by atoms with E-state index in [1.807, 2.05) is 49.4 Å². The van der Waals surface area contributed by atoms with Gasteiger partial charge in [-0.3, -0.25) is 0 Å². The lowest BCUT2D eigenvalue weighted by atomic mass is 10.2. The summed E-state index contributed by atoms with van der Waals surface area (Å²) in [4.78, 5) is 8.56. The highest BCUT2D eigenvalue weighted by molar-refractivity contribution is 14.0. The van der Waals surface area contributed by atoms with E-state index in [2.05, 4.69) is 15.3 Å². The van der Waals surface area contributed by atoms with Crippen LogP contribution in [0.25, 0.3) is 0 Å². The molecule has 0 aliphatic carbocycles. The molecule has 6 nitrogen and oxygen atoms in total. The van der Waals surface area contributed by atoms with Gasteiger partial charge in [-0.05, 0) is 30.5 Å². The standard InChI is InChI=1S/C19H26N4O2.HI/c1-2-24-12-6-10-22-19(20)23-14-17-9-11-21-18(13-17)25-15-16-7-4-3-5-8-16;/h3-5,7-9,11,13H,2,6,10,12,14-15H2,1H3,(H3,20,22,23);1H. The number of aromatic nitrogens is 1. The molecule has 0 bridgehead atoms. The molecule has 1 aromatic heterocycles. The van der Waals surface area contributed by atoms with E-state index in [4.69, 9.17) is 15.2 Å². The van der Waals surface area contributed by atoms with Gasteiger partial charge in [0.2, 0.25) is 5.88 Å². The van der Waals surface area contributed by atoms with Gasteiger partial charge in [0.05, 0.1) is 6.54 Å². The maximum Gasteiger partial charge on any atom is 0.213 e. The first-order valence-corrected chi connectivity index (χ1v) is 8.51. The molecule has 26 heavy (non-hydrogen) atoms. The molecule has 1 heterocycles. The van der Waals surface area contributed by atoms with Gasteiger partial charge in [-0.15, -0.1) is 24.0 Å². The van der Waals surface area contributed by atoms with Crippen molar-refractivity contribution in [2.24, 2.45) is 10.7 Å². The summed E-state index contributed by atoms with van der Waals surface area (Å²) < 4.78 is 11.0. The number of guanidine groups is 1. The number of hydrogen-bond donors (Lipinski definition) is 2. The first-order chi connectivity index (χ1) is 12.3. The van der Waals surface area contributed by atoms with Crippen LogP contribution in [0.4, 0.5) is 0 Å². The minimum atomic E-state index is 0. The normalized spacial score (nSPS) is 10.9. The largest absolute Gasteiger partial charge is 0.473 e.